The van der Waals surface area contributed by atoms with Gasteiger partial charge in [0.25, 0.3) is 0 Å². The first kappa shape index (κ1) is 19.2. The van der Waals surface area contributed by atoms with Crippen LogP contribution in [0.5, 0.6) is 5.75 Å². The summed E-state index contributed by atoms with van der Waals surface area (Å²) in [6.07, 6.45) is -1.62. The van der Waals surface area contributed by atoms with Gasteiger partial charge in [0.2, 0.25) is 5.91 Å². The van der Waals surface area contributed by atoms with Crippen LogP contribution in [0.4, 0.5) is 30.4 Å². The molecular formula is C19H15F3N4O2. The monoisotopic (exact) mass is 388 g/mol. The molecule has 0 aliphatic carbocycles. The van der Waals surface area contributed by atoms with Crippen LogP contribution in [-0.2, 0) is 4.79 Å². The minimum Gasteiger partial charge on any atom is -0.406 e. The van der Waals surface area contributed by atoms with E-state index in [0.717, 1.165) is 0 Å². The quantitative estimate of drug-likeness (QED) is 0.660. The number of carbonyl (C=O) groups is 1. The number of anilines is 3. The zero-order chi connectivity index (χ0) is 20.1. The molecule has 0 atom stereocenters. The Morgan fingerprint density at radius 1 is 1.04 bits per heavy atom. The average Bonchev–Trinajstić information content (AvgIpc) is 2.61. The topological polar surface area (TPSA) is 76.1 Å². The normalized spacial score (nSPS) is 11.0. The summed E-state index contributed by atoms with van der Waals surface area (Å²) in [7, 11) is 0. The molecule has 0 bridgehead atoms. The molecule has 1 amide bonds. The number of rotatable bonds is 5. The Kier molecular flexibility index (Phi) is 5.44. The molecule has 1 aromatic carbocycles. The van der Waals surface area contributed by atoms with E-state index >= 15 is 0 Å². The second-order valence-corrected chi connectivity index (χ2v) is 5.74. The van der Waals surface area contributed by atoms with Gasteiger partial charge in [-0.25, -0.2) is 4.98 Å². The van der Waals surface area contributed by atoms with Crippen molar-refractivity contribution in [3.63, 3.8) is 0 Å². The lowest BCUT2D eigenvalue weighted by Gasteiger charge is -2.11. The fourth-order valence-corrected chi connectivity index (χ4v) is 2.41. The van der Waals surface area contributed by atoms with E-state index < -0.39 is 6.36 Å². The van der Waals surface area contributed by atoms with Gasteiger partial charge in [-0.05, 0) is 36.4 Å². The van der Waals surface area contributed by atoms with Gasteiger partial charge in [-0.15, -0.1) is 13.2 Å². The zero-order valence-electron chi connectivity index (χ0n) is 14.6. The molecule has 3 aromatic rings. The molecule has 0 saturated carbocycles. The average molecular weight is 388 g/mol. The summed E-state index contributed by atoms with van der Waals surface area (Å²) in [4.78, 5) is 19.6. The molecule has 28 heavy (non-hydrogen) atoms. The second-order valence-electron chi connectivity index (χ2n) is 5.74. The number of benzene rings is 1. The third kappa shape index (κ3) is 5.44. The summed E-state index contributed by atoms with van der Waals surface area (Å²) in [5, 5.41) is 5.59. The third-order valence-electron chi connectivity index (χ3n) is 3.48. The highest BCUT2D eigenvalue weighted by atomic mass is 19.4. The Morgan fingerprint density at radius 2 is 1.86 bits per heavy atom. The van der Waals surface area contributed by atoms with Gasteiger partial charge in [-0.1, -0.05) is 6.07 Å². The van der Waals surface area contributed by atoms with Crippen molar-refractivity contribution in [2.75, 3.05) is 10.6 Å². The molecule has 3 rings (SSSR count). The molecule has 144 valence electrons. The SMILES string of the molecule is CC(=O)Nc1ccnc(-c2ccc(Nc3cccc(OC(F)(F)F)c3)nc2)c1. The molecule has 0 aliphatic heterocycles. The van der Waals surface area contributed by atoms with E-state index in [1.54, 1.807) is 42.7 Å². The maximum Gasteiger partial charge on any atom is 0.573 e. The maximum atomic E-state index is 12.3. The van der Waals surface area contributed by atoms with Gasteiger partial charge >= 0.3 is 6.36 Å². The summed E-state index contributed by atoms with van der Waals surface area (Å²) in [5.41, 5.74) is 2.34. The van der Waals surface area contributed by atoms with E-state index in [-0.39, 0.29) is 11.7 Å². The van der Waals surface area contributed by atoms with Crippen molar-refractivity contribution in [1.29, 1.82) is 0 Å². The summed E-state index contributed by atoms with van der Waals surface area (Å²) >= 11 is 0. The van der Waals surface area contributed by atoms with Crippen LogP contribution in [0.25, 0.3) is 11.3 Å². The van der Waals surface area contributed by atoms with Gasteiger partial charge in [-0.3, -0.25) is 9.78 Å². The van der Waals surface area contributed by atoms with Crippen LogP contribution >= 0.6 is 0 Å². The highest BCUT2D eigenvalue weighted by Crippen LogP contribution is 2.27. The van der Waals surface area contributed by atoms with Crippen molar-refractivity contribution in [2.24, 2.45) is 0 Å². The zero-order valence-corrected chi connectivity index (χ0v) is 14.6. The van der Waals surface area contributed by atoms with Crippen LogP contribution < -0.4 is 15.4 Å². The van der Waals surface area contributed by atoms with Crippen molar-refractivity contribution in [3.8, 4) is 17.0 Å². The summed E-state index contributed by atoms with van der Waals surface area (Å²) in [5.74, 6) is -0.0782. The van der Waals surface area contributed by atoms with Crippen LogP contribution in [0.1, 0.15) is 6.92 Å². The standard InChI is InChI=1S/C19H15F3N4O2/c1-12(27)25-15-7-8-23-17(10-15)13-5-6-18(24-11-13)26-14-3-2-4-16(9-14)28-19(20,21)22/h2-11H,1H3,(H,24,26)(H,23,25,27). The Bertz CT molecular complexity index is 975. The largest absolute Gasteiger partial charge is 0.573 e. The van der Waals surface area contributed by atoms with Crippen molar-refractivity contribution in [3.05, 3.63) is 60.9 Å². The molecular weight excluding hydrogens is 373 g/mol. The molecule has 0 unspecified atom stereocenters. The first-order valence-electron chi connectivity index (χ1n) is 8.11. The summed E-state index contributed by atoms with van der Waals surface area (Å²) in [6.45, 7) is 1.41. The van der Waals surface area contributed by atoms with E-state index in [2.05, 4.69) is 25.3 Å². The first-order chi connectivity index (χ1) is 13.3. The third-order valence-corrected chi connectivity index (χ3v) is 3.48. The van der Waals surface area contributed by atoms with Gasteiger partial charge in [0.05, 0.1) is 5.69 Å². The number of hydrogen-bond donors (Lipinski definition) is 2. The fraction of sp³-hybridized carbons (Fsp3) is 0.105. The molecule has 2 aromatic heterocycles. The first-order valence-corrected chi connectivity index (χ1v) is 8.11. The minimum atomic E-state index is -4.75. The summed E-state index contributed by atoms with van der Waals surface area (Å²) in [6, 6.07) is 12.3. The predicted octanol–water partition coefficient (Wildman–Crippen LogP) is 4.74. The molecule has 0 spiro atoms. The lowest BCUT2D eigenvalue weighted by molar-refractivity contribution is -0.274. The van der Waals surface area contributed by atoms with Gasteiger partial charge < -0.3 is 15.4 Å². The van der Waals surface area contributed by atoms with Crippen molar-refractivity contribution in [1.82, 2.24) is 9.97 Å². The van der Waals surface area contributed by atoms with Crippen LogP contribution in [0.2, 0.25) is 0 Å². The number of amides is 1. The maximum absolute atomic E-state index is 12.3. The van der Waals surface area contributed by atoms with E-state index in [0.29, 0.717) is 28.5 Å². The van der Waals surface area contributed by atoms with E-state index in [1.165, 1.54) is 25.1 Å². The van der Waals surface area contributed by atoms with E-state index in [1.807, 2.05) is 0 Å². The number of alkyl halides is 3. The molecule has 2 N–H and O–H groups in total. The number of hydrogen-bond acceptors (Lipinski definition) is 5. The van der Waals surface area contributed by atoms with Crippen LogP contribution in [0, 0.1) is 0 Å². The number of carbonyl (C=O) groups excluding carboxylic acids is 1. The highest BCUT2D eigenvalue weighted by Gasteiger charge is 2.31. The number of ether oxygens (including phenoxy) is 1. The Morgan fingerprint density at radius 3 is 2.54 bits per heavy atom. The van der Waals surface area contributed by atoms with Gasteiger partial charge in [-0.2, -0.15) is 0 Å². The van der Waals surface area contributed by atoms with Crippen molar-refractivity contribution < 1.29 is 22.7 Å². The Hall–Kier alpha value is -3.62. The summed E-state index contributed by atoms with van der Waals surface area (Å²) < 4.78 is 40.9. The van der Waals surface area contributed by atoms with Crippen LogP contribution in [-0.4, -0.2) is 22.2 Å². The van der Waals surface area contributed by atoms with Gasteiger partial charge in [0.1, 0.15) is 11.6 Å². The fourth-order valence-electron chi connectivity index (χ4n) is 2.41. The molecule has 0 fully saturated rings. The smallest absolute Gasteiger partial charge is 0.406 e. The van der Waals surface area contributed by atoms with Crippen molar-refractivity contribution >= 4 is 23.1 Å². The lowest BCUT2D eigenvalue weighted by atomic mass is 10.2. The molecule has 6 nitrogen and oxygen atoms in total. The van der Waals surface area contributed by atoms with E-state index in [4.69, 9.17) is 0 Å². The van der Waals surface area contributed by atoms with Gasteiger partial charge in [0.15, 0.2) is 0 Å². The molecule has 0 radical (unpaired) electrons. The Labute approximate surface area is 158 Å². The van der Waals surface area contributed by atoms with Crippen LogP contribution in [0.15, 0.2) is 60.9 Å². The highest BCUT2D eigenvalue weighted by molar-refractivity contribution is 5.89. The minimum absolute atomic E-state index is 0.188. The van der Waals surface area contributed by atoms with E-state index in [9.17, 15) is 18.0 Å². The second kappa shape index (κ2) is 7.95. The predicted molar refractivity (Wildman–Crippen MR) is 98.2 cm³/mol. The van der Waals surface area contributed by atoms with Gasteiger partial charge in [0, 0.05) is 42.3 Å². The number of aromatic nitrogens is 2. The number of nitrogens with zero attached hydrogens (tertiary/aromatic N) is 2. The molecule has 0 aliphatic rings. The van der Waals surface area contributed by atoms with Crippen molar-refractivity contribution in [2.45, 2.75) is 13.3 Å². The Balaban J connectivity index is 1.73. The lowest BCUT2D eigenvalue weighted by Crippen LogP contribution is -2.17. The molecule has 9 heteroatoms. The van der Waals surface area contributed by atoms with Crippen LogP contribution in [0.3, 0.4) is 0 Å². The number of nitrogens with one attached hydrogen (secondary N) is 2. The number of halogens is 3. The molecule has 0 saturated heterocycles. The molecule has 2 heterocycles. The number of pyridine rings is 2.